The number of β-amino-alcohol motifs (C(OH)–C–C–N with tert-alkyl or cyclic N) is 1. The number of hydrogen-bond donors (Lipinski definition) is 1. The number of carbonyl (C=O) groups is 1. The zero-order valence-corrected chi connectivity index (χ0v) is 13.2. The molecule has 6 nitrogen and oxygen atoms in total. The molecule has 2 atom stereocenters. The number of sulfonamides is 1. The number of esters is 1. The fraction of sp³-hybridized carbons (Fsp3) is 0.500. The molecule has 9 heteroatoms. The highest BCUT2D eigenvalue weighted by atomic mass is 79.9. The summed E-state index contributed by atoms with van der Waals surface area (Å²) in [6.07, 6.45) is -0.813. The van der Waals surface area contributed by atoms with Gasteiger partial charge < -0.3 is 9.84 Å². The Morgan fingerprint density at radius 1 is 1.63 bits per heavy atom. The van der Waals surface area contributed by atoms with Gasteiger partial charge in [-0.25, -0.2) is 8.42 Å². The van der Waals surface area contributed by atoms with Crippen LogP contribution in [0.25, 0.3) is 0 Å². The van der Waals surface area contributed by atoms with Gasteiger partial charge in [0.1, 0.15) is 10.3 Å². The third kappa shape index (κ3) is 2.70. The van der Waals surface area contributed by atoms with Gasteiger partial charge in [0, 0.05) is 17.4 Å². The fourth-order valence-corrected chi connectivity index (χ4v) is 6.02. The first-order valence-corrected chi connectivity index (χ1v) is 8.50. The normalized spacial score (nSPS) is 24.6. The monoisotopic (exact) mass is 369 g/mol. The van der Waals surface area contributed by atoms with Crippen LogP contribution in [0, 0.1) is 0 Å². The lowest BCUT2D eigenvalue weighted by atomic mass is 10.2. The Hall–Kier alpha value is -0.480. The van der Waals surface area contributed by atoms with E-state index in [1.165, 1.54) is 7.11 Å². The third-order valence-corrected chi connectivity index (χ3v) is 7.36. The maximum atomic E-state index is 12.5. The lowest BCUT2D eigenvalue weighted by Gasteiger charge is -2.21. The van der Waals surface area contributed by atoms with Gasteiger partial charge in [0.15, 0.2) is 0 Å². The maximum absolute atomic E-state index is 12.5. The van der Waals surface area contributed by atoms with Crippen molar-refractivity contribution in [1.82, 2.24) is 4.31 Å². The molecular formula is C10H12BrNO5S2. The van der Waals surface area contributed by atoms with Crippen LogP contribution in [-0.2, 0) is 19.6 Å². The molecule has 1 aromatic heterocycles. The minimum Gasteiger partial charge on any atom is -0.468 e. The van der Waals surface area contributed by atoms with E-state index in [4.69, 9.17) is 0 Å². The lowest BCUT2D eigenvalue weighted by molar-refractivity contribution is -0.144. The van der Waals surface area contributed by atoms with Crippen molar-refractivity contribution in [3.63, 3.8) is 0 Å². The molecule has 2 unspecified atom stereocenters. The Kier molecular flexibility index (Phi) is 4.31. The highest BCUT2D eigenvalue weighted by molar-refractivity contribution is 9.10. The number of aliphatic hydroxyl groups is 1. The van der Waals surface area contributed by atoms with Crippen LogP contribution in [0.1, 0.15) is 6.42 Å². The summed E-state index contributed by atoms with van der Waals surface area (Å²) in [4.78, 5) is 11.6. The lowest BCUT2D eigenvalue weighted by Crippen LogP contribution is -2.41. The molecule has 1 saturated heterocycles. The van der Waals surface area contributed by atoms with E-state index in [1.807, 2.05) is 0 Å². The van der Waals surface area contributed by atoms with Gasteiger partial charge in [0.2, 0.25) is 0 Å². The maximum Gasteiger partial charge on any atom is 0.324 e. The van der Waals surface area contributed by atoms with E-state index in [2.05, 4.69) is 20.7 Å². The van der Waals surface area contributed by atoms with Gasteiger partial charge in [-0.2, -0.15) is 4.31 Å². The molecule has 0 radical (unpaired) electrons. The molecule has 0 aromatic carbocycles. The molecule has 19 heavy (non-hydrogen) atoms. The van der Waals surface area contributed by atoms with Gasteiger partial charge in [0.25, 0.3) is 10.0 Å². The third-order valence-electron chi connectivity index (χ3n) is 2.83. The van der Waals surface area contributed by atoms with Crippen LogP contribution >= 0.6 is 27.3 Å². The van der Waals surface area contributed by atoms with E-state index in [0.29, 0.717) is 4.47 Å². The van der Waals surface area contributed by atoms with Gasteiger partial charge in [0.05, 0.1) is 13.2 Å². The van der Waals surface area contributed by atoms with E-state index in [9.17, 15) is 18.3 Å². The molecule has 0 saturated carbocycles. The molecule has 0 aliphatic carbocycles. The van der Waals surface area contributed by atoms with Crippen molar-refractivity contribution in [1.29, 1.82) is 0 Å². The summed E-state index contributed by atoms with van der Waals surface area (Å²) < 4.78 is 31.1. The number of halogens is 1. The van der Waals surface area contributed by atoms with Gasteiger partial charge in [-0.15, -0.1) is 11.3 Å². The number of thiophene rings is 1. The van der Waals surface area contributed by atoms with Crippen LogP contribution in [-0.4, -0.2) is 49.6 Å². The SMILES string of the molecule is COC(=O)C1CC(O)CN1S(=O)(=O)c1sccc1Br. The second kappa shape index (κ2) is 5.49. The summed E-state index contributed by atoms with van der Waals surface area (Å²) in [5.41, 5.74) is 0. The van der Waals surface area contributed by atoms with Gasteiger partial charge in [-0.1, -0.05) is 0 Å². The summed E-state index contributed by atoms with van der Waals surface area (Å²) in [5.74, 6) is -0.659. The molecule has 106 valence electrons. The molecule has 0 bridgehead atoms. The minimum absolute atomic E-state index is 0.0505. The van der Waals surface area contributed by atoms with Gasteiger partial charge >= 0.3 is 5.97 Å². The van der Waals surface area contributed by atoms with Crippen LogP contribution in [0.15, 0.2) is 20.1 Å². The summed E-state index contributed by atoms with van der Waals surface area (Å²) in [5, 5.41) is 11.3. The zero-order chi connectivity index (χ0) is 14.2. The number of carbonyl (C=O) groups excluding carboxylic acids is 1. The standard InChI is InChI=1S/C10H12BrNO5S2/c1-17-9(14)8-4-6(13)5-12(8)19(15,16)10-7(11)2-3-18-10/h2-3,6,8,13H,4-5H2,1H3. The second-order valence-electron chi connectivity index (χ2n) is 4.06. The van der Waals surface area contributed by atoms with Crippen molar-refractivity contribution in [3.05, 3.63) is 15.9 Å². The molecule has 0 spiro atoms. The van der Waals surface area contributed by atoms with Crippen molar-refractivity contribution in [2.75, 3.05) is 13.7 Å². The number of methoxy groups -OCH3 is 1. The largest absolute Gasteiger partial charge is 0.468 e. The minimum atomic E-state index is -3.82. The average Bonchev–Trinajstić information content (AvgIpc) is 2.94. The number of aliphatic hydroxyl groups excluding tert-OH is 1. The van der Waals surface area contributed by atoms with Crippen LogP contribution in [0.5, 0.6) is 0 Å². The molecule has 2 heterocycles. The van der Waals surface area contributed by atoms with E-state index in [1.54, 1.807) is 11.4 Å². The van der Waals surface area contributed by atoms with Crippen LogP contribution < -0.4 is 0 Å². The van der Waals surface area contributed by atoms with E-state index >= 15 is 0 Å². The van der Waals surface area contributed by atoms with Crippen LogP contribution in [0.3, 0.4) is 0 Å². The number of nitrogens with zero attached hydrogens (tertiary/aromatic N) is 1. The highest BCUT2D eigenvalue weighted by Crippen LogP contribution is 2.34. The first-order chi connectivity index (χ1) is 8.87. The Balaban J connectivity index is 2.39. The Morgan fingerprint density at radius 2 is 2.32 bits per heavy atom. The second-order valence-corrected chi connectivity index (χ2v) is 7.92. The van der Waals surface area contributed by atoms with Crippen molar-refractivity contribution < 1.29 is 23.1 Å². The first-order valence-electron chi connectivity index (χ1n) is 5.38. The van der Waals surface area contributed by atoms with Crippen molar-refractivity contribution >= 4 is 43.3 Å². The van der Waals surface area contributed by atoms with E-state index in [-0.39, 0.29) is 17.2 Å². The topological polar surface area (TPSA) is 83.9 Å². The summed E-state index contributed by atoms with van der Waals surface area (Å²) in [7, 11) is -2.63. The first kappa shape index (κ1) is 14.9. The molecule has 2 rings (SSSR count). The predicted octanol–water partition coefficient (Wildman–Crippen LogP) is 0.807. The Morgan fingerprint density at radius 3 is 2.84 bits per heavy atom. The number of rotatable bonds is 3. The molecule has 1 aromatic rings. The highest BCUT2D eigenvalue weighted by Gasteiger charge is 2.45. The summed E-state index contributed by atoms with van der Waals surface area (Å²) >= 11 is 4.22. The number of hydrogen-bond acceptors (Lipinski definition) is 6. The number of ether oxygens (including phenoxy) is 1. The van der Waals surface area contributed by atoms with E-state index in [0.717, 1.165) is 15.6 Å². The van der Waals surface area contributed by atoms with Crippen molar-refractivity contribution in [2.45, 2.75) is 22.8 Å². The fourth-order valence-electron chi connectivity index (χ4n) is 1.97. The van der Waals surface area contributed by atoms with E-state index < -0.39 is 28.1 Å². The molecule has 0 amide bonds. The van der Waals surface area contributed by atoms with Crippen LogP contribution in [0.2, 0.25) is 0 Å². The quantitative estimate of drug-likeness (QED) is 0.796. The molecule has 1 fully saturated rings. The average molecular weight is 370 g/mol. The van der Waals surface area contributed by atoms with Crippen molar-refractivity contribution in [2.24, 2.45) is 0 Å². The molecule has 1 aliphatic heterocycles. The Bertz CT molecular complexity index is 584. The molecule has 1 N–H and O–H groups in total. The predicted molar refractivity (Wildman–Crippen MR) is 72.3 cm³/mol. The Labute approximate surface area is 123 Å². The smallest absolute Gasteiger partial charge is 0.324 e. The summed E-state index contributed by atoms with van der Waals surface area (Å²) in [6, 6.07) is 0.649. The van der Waals surface area contributed by atoms with Gasteiger partial charge in [-0.3, -0.25) is 4.79 Å². The van der Waals surface area contributed by atoms with Crippen molar-refractivity contribution in [3.8, 4) is 0 Å². The zero-order valence-electron chi connectivity index (χ0n) is 9.95. The molecular weight excluding hydrogens is 358 g/mol. The molecule has 1 aliphatic rings. The van der Waals surface area contributed by atoms with Gasteiger partial charge in [-0.05, 0) is 27.4 Å². The summed E-state index contributed by atoms with van der Waals surface area (Å²) in [6.45, 7) is -0.105. The van der Waals surface area contributed by atoms with Crippen LogP contribution in [0.4, 0.5) is 0 Å².